The lowest BCUT2D eigenvalue weighted by atomic mass is 10.0. The van der Waals surface area contributed by atoms with Gasteiger partial charge in [-0.2, -0.15) is 11.8 Å². The Hall–Kier alpha value is -2.05. The van der Waals surface area contributed by atoms with Gasteiger partial charge in [0.05, 0.1) is 7.11 Å². The summed E-state index contributed by atoms with van der Waals surface area (Å²) < 4.78 is 5.10. The molecule has 6 heteroatoms. The third kappa shape index (κ3) is 4.56. The molecule has 0 radical (unpaired) electrons. The summed E-state index contributed by atoms with van der Waals surface area (Å²) in [5, 5.41) is 0. The molecule has 0 atom stereocenters. The summed E-state index contributed by atoms with van der Waals surface area (Å²) in [5.74, 6) is 1.84. The van der Waals surface area contributed by atoms with E-state index in [2.05, 4.69) is 16.1 Å². The van der Waals surface area contributed by atoms with Crippen molar-refractivity contribution < 1.29 is 9.53 Å². The van der Waals surface area contributed by atoms with E-state index >= 15 is 0 Å². The summed E-state index contributed by atoms with van der Waals surface area (Å²) in [6.45, 7) is 4.59. The van der Waals surface area contributed by atoms with Crippen LogP contribution in [-0.4, -0.2) is 72.5 Å². The zero-order valence-electron chi connectivity index (χ0n) is 15.4. The maximum absolute atomic E-state index is 12.9. The second kappa shape index (κ2) is 9.05. The summed E-state index contributed by atoms with van der Waals surface area (Å²) in [4.78, 5) is 21.5. The number of hydrogen-bond donors (Lipinski definition) is 0. The van der Waals surface area contributed by atoms with E-state index in [1.807, 2.05) is 53.1 Å². The van der Waals surface area contributed by atoms with Crippen LogP contribution >= 0.6 is 11.8 Å². The molecule has 2 heterocycles. The molecule has 2 aromatic rings. The Kier molecular flexibility index (Phi) is 6.52. The minimum atomic E-state index is 0.109. The monoisotopic (exact) mass is 371 g/mol. The fourth-order valence-corrected chi connectivity index (χ4v) is 3.52. The van der Waals surface area contributed by atoms with E-state index in [0.717, 1.165) is 55.2 Å². The summed E-state index contributed by atoms with van der Waals surface area (Å²) in [7, 11) is 1.60. The Labute approximate surface area is 159 Å². The van der Waals surface area contributed by atoms with Crippen molar-refractivity contribution in [2.45, 2.75) is 0 Å². The van der Waals surface area contributed by atoms with Gasteiger partial charge in [-0.15, -0.1) is 0 Å². The van der Waals surface area contributed by atoms with Crippen LogP contribution in [0.4, 0.5) is 0 Å². The number of benzene rings is 1. The van der Waals surface area contributed by atoms with E-state index in [0.29, 0.717) is 5.88 Å². The number of amides is 1. The quantitative estimate of drug-likeness (QED) is 0.781. The Bertz CT molecular complexity index is 728. The van der Waals surface area contributed by atoms with Crippen LogP contribution in [0.1, 0.15) is 10.4 Å². The third-order valence-electron chi connectivity index (χ3n) is 4.66. The molecule has 0 aliphatic carbocycles. The van der Waals surface area contributed by atoms with Crippen LogP contribution in [0.3, 0.4) is 0 Å². The van der Waals surface area contributed by atoms with Gasteiger partial charge in [0, 0.05) is 61.9 Å². The van der Waals surface area contributed by atoms with Crippen LogP contribution in [-0.2, 0) is 0 Å². The maximum atomic E-state index is 12.9. The fraction of sp³-hybridized carbons (Fsp3) is 0.400. The van der Waals surface area contributed by atoms with Crippen LogP contribution in [0.5, 0.6) is 5.88 Å². The number of aromatic nitrogens is 1. The highest BCUT2D eigenvalue weighted by Crippen LogP contribution is 2.22. The number of ether oxygens (including phenoxy) is 1. The second-order valence-electron chi connectivity index (χ2n) is 6.30. The van der Waals surface area contributed by atoms with Crippen LogP contribution in [0.25, 0.3) is 11.1 Å². The number of pyridine rings is 1. The molecule has 138 valence electrons. The van der Waals surface area contributed by atoms with Crippen LogP contribution in [0, 0.1) is 0 Å². The molecule has 0 spiro atoms. The molecule has 1 aliphatic heterocycles. The molecule has 1 aromatic carbocycles. The number of hydrogen-bond acceptors (Lipinski definition) is 5. The lowest BCUT2D eigenvalue weighted by Gasteiger charge is -2.34. The maximum Gasteiger partial charge on any atom is 0.253 e. The molecule has 0 unspecified atom stereocenters. The molecule has 0 N–H and O–H groups in total. The van der Waals surface area contributed by atoms with E-state index in [1.165, 1.54) is 0 Å². The zero-order valence-corrected chi connectivity index (χ0v) is 16.2. The lowest BCUT2D eigenvalue weighted by Crippen LogP contribution is -2.49. The van der Waals surface area contributed by atoms with Gasteiger partial charge in [0.25, 0.3) is 5.91 Å². The average Bonchev–Trinajstić information content (AvgIpc) is 2.72. The highest BCUT2D eigenvalue weighted by atomic mass is 32.2. The van der Waals surface area contributed by atoms with Crippen molar-refractivity contribution >= 4 is 17.7 Å². The van der Waals surface area contributed by atoms with Crippen molar-refractivity contribution in [3.8, 4) is 17.0 Å². The van der Waals surface area contributed by atoms with E-state index in [1.54, 1.807) is 13.3 Å². The summed E-state index contributed by atoms with van der Waals surface area (Å²) in [5.41, 5.74) is 2.70. The second-order valence-corrected chi connectivity index (χ2v) is 7.28. The number of thioether (sulfide) groups is 1. The first-order valence-corrected chi connectivity index (χ1v) is 10.2. The Morgan fingerprint density at radius 3 is 2.62 bits per heavy atom. The van der Waals surface area contributed by atoms with Gasteiger partial charge in [0.2, 0.25) is 5.88 Å². The van der Waals surface area contributed by atoms with Crippen LogP contribution < -0.4 is 4.74 Å². The van der Waals surface area contributed by atoms with Gasteiger partial charge >= 0.3 is 0 Å². The predicted octanol–water partition coefficient (Wildman–Crippen LogP) is 2.88. The first-order chi connectivity index (χ1) is 12.7. The van der Waals surface area contributed by atoms with Crippen LogP contribution in [0.2, 0.25) is 0 Å². The minimum absolute atomic E-state index is 0.109. The SMILES string of the molecule is COc1ccc(-c2cccc(C(=O)N3CCN(CCSC)CC3)c2)cn1. The van der Waals surface area contributed by atoms with Gasteiger partial charge in [-0.25, -0.2) is 4.98 Å². The first-order valence-electron chi connectivity index (χ1n) is 8.82. The van der Waals surface area contributed by atoms with Crippen molar-refractivity contribution in [1.82, 2.24) is 14.8 Å². The summed E-state index contributed by atoms with van der Waals surface area (Å²) >= 11 is 1.87. The minimum Gasteiger partial charge on any atom is -0.481 e. The van der Waals surface area contributed by atoms with Crippen molar-refractivity contribution in [3.05, 3.63) is 48.2 Å². The molecule has 0 bridgehead atoms. The summed E-state index contributed by atoms with van der Waals surface area (Å²) in [6.07, 6.45) is 3.90. The number of carbonyl (C=O) groups excluding carboxylic acids is 1. The normalized spacial score (nSPS) is 15.1. The van der Waals surface area contributed by atoms with Crippen molar-refractivity contribution in [1.29, 1.82) is 0 Å². The molecule has 26 heavy (non-hydrogen) atoms. The topological polar surface area (TPSA) is 45.7 Å². The van der Waals surface area contributed by atoms with Gasteiger partial charge in [0.15, 0.2) is 0 Å². The third-order valence-corrected chi connectivity index (χ3v) is 5.25. The predicted molar refractivity (Wildman–Crippen MR) is 107 cm³/mol. The molecule has 5 nitrogen and oxygen atoms in total. The number of rotatable bonds is 6. The average molecular weight is 372 g/mol. The Morgan fingerprint density at radius 2 is 1.96 bits per heavy atom. The lowest BCUT2D eigenvalue weighted by molar-refractivity contribution is 0.0644. The highest BCUT2D eigenvalue weighted by molar-refractivity contribution is 7.98. The zero-order chi connectivity index (χ0) is 18.4. The van der Waals surface area contributed by atoms with Crippen molar-refractivity contribution in [2.75, 3.05) is 51.8 Å². The van der Waals surface area contributed by atoms with Gasteiger partial charge in [0.1, 0.15) is 0 Å². The Morgan fingerprint density at radius 1 is 1.15 bits per heavy atom. The standard InChI is InChI=1S/C20H25N3O2S/c1-25-19-7-6-18(15-21-19)16-4-3-5-17(14-16)20(24)23-10-8-22(9-11-23)12-13-26-2/h3-7,14-15H,8-13H2,1-2H3. The molecule has 1 aromatic heterocycles. The molecule has 1 aliphatic rings. The van der Waals surface area contributed by atoms with Crippen molar-refractivity contribution in [2.24, 2.45) is 0 Å². The van der Waals surface area contributed by atoms with E-state index in [-0.39, 0.29) is 5.91 Å². The molecule has 3 rings (SSSR count). The number of piperazine rings is 1. The highest BCUT2D eigenvalue weighted by Gasteiger charge is 2.22. The largest absolute Gasteiger partial charge is 0.481 e. The van der Waals surface area contributed by atoms with Gasteiger partial charge in [-0.05, 0) is 30.0 Å². The van der Waals surface area contributed by atoms with E-state index in [9.17, 15) is 4.79 Å². The molecular weight excluding hydrogens is 346 g/mol. The summed E-state index contributed by atoms with van der Waals surface area (Å²) in [6, 6.07) is 11.6. The Balaban J connectivity index is 1.67. The molecule has 1 saturated heterocycles. The molecule has 1 amide bonds. The van der Waals surface area contributed by atoms with Gasteiger partial charge in [-0.3, -0.25) is 9.69 Å². The van der Waals surface area contributed by atoms with Gasteiger partial charge in [-0.1, -0.05) is 12.1 Å². The van der Waals surface area contributed by atoms with E-state index in [4.69, 9.17) is 4.74 Å². The van der Waals surface area contributed by atoms with Crippen molar-refractivity contribution in [3.63, 3.8) is 0 Å². The smallest absolute Gasteiger partial charge is 0.253 e. The number of carbonyl (C=O) groups is 1. The molecule has 0 saturated carbocycles. The molecule has 1 fully saturated rings. The molecular formula is C20H25N3O2S. The first kappa shape index (κ1) is 18.7. The number of methoxy groups -OCH3 is 1. The number of nitrogens with zero attached hydrogens (tertiary/aromatic N) is 3. The van der Waals surface area contributed by atoms with Crippen LogP contribution in [0.15, 0.2) is 42.6 Å². The van der Waals surface area contributed by atoms with E-state index < -0.39 is 0 Å². The van der Waals surface area contributed by atoms with Gasteiger partial charge < -0.3 is 9.64 Å². The fourth-order valence-electron chi connectivity index (χ4n) is 3.08.